The molecule has 2 fully saturated rings. The summed E-state index contributed by atoms with van der Waals surface area (Å²) in [4.78, 5) is 0. The summed E-state index contributed by atoms with van der Waals surface area (Å²) in [5.41, 5.74) is 0.493. The zero-order valence-electron chi connectivity index (χ0n) is 11.3. The van der Waals surface area contributed by atoms with Crippen molar-refractivity contribution in [1.29, 1.82) is 0 Å². The standard InChI is InChI=1S/C14H27NOS/c1-3-16-13-11-12(15-9-10-17-2)14(13)7-5-4-6-8-14/h12-13,15H,3-11H2,1-2H3. The third-order valence-corrected chi connectivity index (χ3v) is 5.25. The average Bonchev–Trinajstić information content (AvgIpc) is 2.38. The second-order valence-electron chi connectivity index (χ2n) is 5.47. The molecule has 2 nitrogen and oxygen atoms in total. The van der Waals surface area contributed by atoms with Crippen LogP contribution in [0.4, 0.5) is 0 Å². The molecule has 2 rings (SSSR count). The maximum atomic E-state index is 5.96. The quantitative estimate of drug-likeness (QED) is 0.739. The number of nitrogens with one attached hydrogen (secondary N) is 1. The van der Waals surface area contributed by atoms with Crippen molar-refractivity contribution in [1.82, 2.24) is 5.32 Å². The molecule has 17 heavy (non-hydrogen) atoms. The maximum Gasteiger partial charge on any atom is 0.0661 e. The lowest BCUT2D eigenvalue weighted by Crippen LogP contribution is -2.64. The fraction of sp³-hybridized carbons (Fsp3) is 1.00. The molecule has 0 aliphatic heterocycles. The first-order valence-corrected chi connectivity index (χ1v) is 8.57. The van der Waals surface area contributed by atoms with Crippen LogP contribution in [-0.2, 0) is 4.74 Å². The first-order valence-electron chi connectivity index (χ1n) is 7.17. The van der Waals surface area contributed by atoms with Gasteiger partial charge in [0, 0.05) is 30.4 Å². The van der Waals surface area contributed by atoms with E-state index >= 15 is 0 Å². The second kappa shape index (κ2) is 6.44. The Balaban J connectivity index is 1.89. The molecule has 0 aromatic heterocycles. The molecule has 2 aliphatic carbocycles. The van der Waals surface area contributed by atoms with Crippen molar-refractivity contribution in [2.24, 2.45) is 5.41 Å². The van der Waals surface area contributed by atoms with Gasteiger partial charge in [-0.05, 0) is 32.4 Å². The highest BCUT2D eigenvalue weighted by Gasteiger charge is 2.55. The number of hydrogen-bond acceptors (Lipinski definition) is 3. The van der Waals surface area contributed by atoms with Crippen molar-refractivity contribution in [3.63, 3.8) is 0 Å². The van der Waals surface area contributed by atoms with Gasteiger partial charge in [-0.2, -0.15) is 11.8 Å². The van der Waals surface area contributed by atoms with Crippen molar-refractivity contribution >= 4 is 11.8 Å². The lowest BCUT2D eigenvalue weighted by Gasteiger charge is -2.58. The zero-order valence-corrected chi connectivity index (χ0v) is 12.2. The third kappa shape index (κ3) is 2.82. The van der Waals surface area contributed by atoms with Gasteiger partial charge in [0.25, 0.3) is 0 Å². The molecule has 2 atom stereocenters. The first-order chi connectivity index (χ1) is 8.33. The van der Waals surface area contributed by atoms with Gasteiger partial charge < -0.3 is 10.1 Å². The second-order valence-corrected chi connectivity index (χ2v) is 6.46. The highest BCUT2D eigenvalue weighted by Crippen LogP contribution is 2.53. The molecular formula is C14H27NOS. The van der Waals surface area contributed by atoms with Crippen LogP contribution in [0.3, 0.4) is 0 Å². The molecule has 100 valence electrons. The van der Waals surface area contributed by atoms with Crippen molar-refractivity contribution in [3.05, 3.63) is 0 Å². The van der Waals surface area contributed by atoms with E-state index in [1.54, 1.807) is 0 Å². The van der Waals surface area contributed by atoms with E-state index in [0.717, 1.165) is 19.2 Å². The van der Waals surface area contributed by atoms with Crippen molar-refractivity contribution in [3.8, 4) is 0 Å². The van der Waals surface area contributed by atoms with E-state index in [9.17, 15) is 0 Å². The molecule has 1 spiro atoms. The Morgan fingerprint density at radius 2 is 2.06 bits per heavy atom. The van der Waals surface area contributed by atoms with Gasteiger partial charge in [0.2, 0.25) is 0 Å². The predicted octanol–water partition coefficient (Wildman–Crippen LogP) is 3.07. The van der Waals surface area contributed by atoms with Crippen molar-refractivity contribution in [2.75, 3.05) is 25.2 Å². The smallest absolute Gasteiger partial charge is 0.0661 e. The van der Waals surface area contributed by atoms with E-state index < -0.39 is 0 Å². The molecular weight excluding hydrogens is 230 g/mol. The Morgan fingerprint density at radius 1 is 1.29 bits per heavy atom. The molecule has 0 bridgehead atoms. The summed E-state index contributed by atoms with van der Waals surface area (Å²) in [7, 11) is 0. The first kappa shape index (κ1) is 13.7. The summed E-state index contributed by atoms with van der Waals surface area (Å²) in [6.45, 7) is 4.17. The number of thioether (sulfide) groups is 1. The van der Waals surface area contributed by atoms with E-state index in [0.29, 0.717) is 11.5 Å². The lowest BCUT2D eigenvalue weighted by atomic mass is 9.55. The molecule has 2 unspecified atom stereocenters. The molecule has 0 aromatic carbocycles. The Hall–Kier alpha value is 0.270. The summed E-state index contributed by atoms with van der Waals surface area (Å²) in [6.07, 6.45) is 11.0. The van der Waals surface area contributed by atoms with Gasteiger partial charge in [-0.3, -0.25) is 0 Å². The molecule has 0 aromatic rings. The largest absolute Gasteiger partial charge is 0.378 e. The number of rotatable bonds is 6. The lowest BCUT2D eigenvalue weighted by molar-refractivity contribution is -0.149. The van der Waals surface area contributed by atoms with Crippen LogP contribution in [0.5, 0.6) is 0 Å². The average molecular weight is 257 g/mol. The summed E-state index contributed by atoms with van der Waals surface area (Å²) < 4.78 is 5.96. The van der Waals surface area contributed by atoms with Crippen LogP contribution < -0.4 is 5.32 Å². The fourth-order valence-electron chi connectivity index (χ4n) is 3.68. The van der Waals surface area contributed by atoms with Gasteiger partial charge in [0.05, 0.1) is 6.10 Å². The van der Waals surface area contributed by atoms with E-state index in [1.807, 2.05) is 11.8 Å². The van der Waals surface area contributed by atoms with Crippen LogP contribution in [0.15, 0.2) is 0 Å². The molecule has 0 amide bonds. The van der Waals surface area contributed by atoms with E-state index in [2.05, 4.69) is 18.5 Å². The van der Waals surface area contributed by atoms with Crippen LogP contribution >= 0.6 is 11.8 Å². The molecule has 0 saturated heterocycles. The highest BCUT2D eigenvalue weighted by molar-refractivity contribution is 7.98. The van der Waals surface area contributed by atoms with E-state index in [4.69, 9.17) is 4.74 Å². The van der Waals surface area contributed by atoms with Gasteiger partial charge >= 0.3 is 0 Å². The van der Waals surface area contributed by atoms with Crippen LogP contribution in [0.2, 0.25) is 0 Å². The summed E-state index contributed by atoms with van der Waals surface area (Å²) in [5, 5.41) is 3.77. The minimum absolute atomic E-state index is 0.493. The maximum absolute atomic E-state index is 5.96. The normalized spacial score (nSPS) is 31.4. The van der Waals surface area contributed by atoms with Crippen LogP contribution in [0, 0.1) is 5.41 Å². The third-order valence-electron chi connectivity index (χ3n) is 4.63. The molecule has 2 aliphatic rings. The van der Waals surface area contributed by atoms with Crippen molar-refractivity contribution < 1.29 is 4.74 Å². The highest BCUT2D eigenvalue weighted by atomic mass is 32.2. The van der Waals surface area contributed by atoms with Gasteiger partial charge in [-0.15, -0.1) is 0 Å². The molecule has 3 heteroatoms. The van der Waals surface area contributed by atoms with Gasteiger partial charge in [0.15, 0.2) is 0 Å². The number of hydrogen-bond donors (Lipinski definition) is 1. The fourth-order valence-corrected chi connectivity index (χ4v) is 4.01. The molecule has 0 radical (unpaired) electrons. The topological polar surface area (TPSA) is 21.3 Å². The van der Waals surface area contributed by atoms with E-state index in [-0.39, 0.29) is 0 Å². The van der Waals surface area contributed by atoms with Crippen molar-refractivity contribution in [2.45, 2.75) is 57.6 Å². The Morgan fingerprint density at radius 3 is 2.71 bits per heavy atom. The van der Waals surface area contributed by atoms with E-state index in [1.165, 1.54) is 44.3 Å². The zero-order chi connectivity index (χ0) is 12.1. The Labute approximate surface area is 110 Å². The summed E-state index contributed by atoms with van der Waals surface area (Å²) in [6, 6.07) is 0.728. The monoisotopic (exact) mass is 257 g/mol. The number of ether oxygens (including phenoxy) is 1. The summed E-state index contributed by atoms with van der Waals surface area (Å²) >= 11 is 1.93. The molecule has 2 saturated carbocycles. The predicted molar refractivity (Wildman–Crippen MR) is 75.7 cm³/mol. The Kier molecular flexibility index (Phi) is 5.19. The van der Waals surface area contributed by atoms with Crippen LogP contribution in [-0.4, -0.2) is 37.3 Å². The molecule has 1 N–H and O–H groups in total. The Bertz CT molecular complexity index is 226. The van der Waals surface area contributed by atoms with Crippen LogP contribution in [0.25, 0.3) is 0 Å². The minimum atomic E-state index is 0.493. The van der Waals surface area contributed by atoms with Gasteiger partial charge in [-0.1, -0.05) is 19.3 Å². The molecule has 0 heterocycles. The minimum Gasteiger partial charge on any atom is -0.378 e. The summed E-state index contributed by atoms with van der Waals surface area (Å²) in [5.74, 6) is 1.23. The van der Waals surface area contributed by atoms with Crippen LogP contribution in [0.1, 0.15) is 45.4 Å². The SMILES string of the molecule is CCOC1CC(NCCSC)C12CCCCC2. The van der Waals surface area contributed by atoms with Gasteiger partial charge in [-0.25, -0.2) is 0 Å². The van der Waals surface area contributed by atoms with Gasteiger partial charge in [0.1, 0.15) is 0 Å².